The summed E-state index contributed by atoms with van der Waals surface area (Å²) in [6.07, 6.45) is 14.9. The van der Waals surface area contributed by atoms with Gasteiger partial charge in [0.25, 0.3) is 0 Å². The molecule has 2 aliphatic carbocycles. The molecule has 1 unspecified atom stereocenters. The first-order valence-corrected chi connectivity index (χ1v) is 9.50. The lowest BCUT2D eigenvalue weighted by atomic mass is 9.72. The van der Waals surface area contributed by atoms with E-state index in [9.17, 15) is 4.39 Å². The average Bonchev–Trinajstić information content (AvgIpc) is 2.61. The van der Waals surface area contributed by atoms with Crippen molar-refractivity contribution in [2.24, 2.45) is 23.7 Å². The van der Waals surface area contributed by atoms with E-state index in [1.54, 1.807) is 0 Å². The normalized spacial score (nSPS) is 39.4. The van der Waals surface area contributed by atoms with E-state index in [0.29, 0.717) is 24.2 Å². The Morgan fingerprint density at radius 2 is 1.74 bits per heavy atom. The first kappa shape index (κ1) is 17.2. The quantitative estimate of drug-likeness (QED) is 0.645. The predicted molar refractivity (Wildman–Crippen MR) is 90.6 cm³/mol. The highest BCUT2D eigenvalue weighted by Crippen LogP contribution is 2.41. The molecule has 0 radical (unpaired) electrons. The molecule has 0 aromatic rings. The zero-order chi connectivity index (χ0) is 16.1. The van der Waals surface area contributed by atoms with Crippen molar-refractivity contribution in [3.8, 4) is 0 Å². The second kappa shape index (κ2) is 8.43. The molecule has 0 aromatic carbocycles. The SMILES string of the molecule is CC/C=C/[C@H]1CO[C@H]([C@H]2CC[C@H](C3CC=C(F)CC3)CC2)OC1. The third-order valence-electron chi connectivity index (χ3n) is 5.86. The van der Waals surface area contributed by atoms with Crippen LogP contribution in [0.5, 0.6) is 0 Å². The molecule has 3 aliphatic rings. The van der Waals surface area contributed by atoms with Crippen LogP contribution >= 0.6 is 0 Å². The number of hydrogen-bond acceptors (Lipinski definition) is 2. The minimum atomic E-state index is 0.00548. The van der Waals surface area contributed by atoms with Gasteiger partial charge in [-0.25, -0.2) is 4.39 Å². The van der Waals surface area contributed by atoms with E-state index < -0.39 is 0 Å². The second-order valence-corrected chi connectivity index (χ2v) is 7.49. The predicted octanol–water partition coefficient (Wildman–Crippen LogP) is 5.40. The molecule has 0 aromatic heterocycles. The number of allylic oxidation sites excluding steroid dienone is 3. The van der Waals surface area contributed by atoms with Crippen LogP contribution in [0.3, 0.4) is 0 Å². The first-order valence-electron chi connectivity index (χ1n) is 9.50. The Balaban J connectivity index is 1.40. The molecule has 2 nitrogen and oxygen atoms in total. The van der Waals surface area contributed by atoms with Gasteiger partial charge in [0.2, 0.25) is 0 Å². The van der Waals surface area contributed by atoms with Gasteiger partial charge in [-0.15, -0.1) is 0 Å². The molecular weight excluding hydrogens is 291 g/mol. The van der Waals surface area contributed by atoms with Crippen molar-refractivity contribution >= 4 is 0 Å². The molecule has 3 rings (SSSR count). The van der Waals surface area contributed by atoms with Gasteiger partial charge in [-0.3, -0.25) is 0 Å². The zero-order valence-corrected chi connectivity index (χ0v) is 14.4. The molecule has 0 N–H and O–H groups in total. The van der Waals surface area contributed by atoms with Crippen LogP contribution < -0.4 is 0 Å². The lowest BCUT2D eigenvalue weighted by molar-refractivity contribution is -0.223. The van der Waals surface area contributed by atoms with Crippen LogP contribution in [0.1, 0.15) is 58.3 Å². The van der Waals surface area contributed by atoms with E-state index in [1.165, 1.54) is 25.7 Å². The Kier molecular flexibility index (Phi) is 6.29. The average molecular weight is 322 g/mol. The lowest BCUT2D eigenvalue weighted by Gasteiger charge is -2.39. The fourth-order valence-corrected chi connectivity index (χ4v) is 4.38. The van der Waals surface area contributed by atoms with Gasteiger partial charge >= 0.3 is 0 Å². The number of rotatable bonds is 4. The Bertz CT molecular complexity index is 415. The molecule has 2 fully saturated rings. The maximum absolute atomic E-state index is 13.2. The monoisotopic (exact) mass is 322 g/mol. The summed E-state index contributed by atoms with van der Waals surface area (Å²) >= 11 is 0. The molecule has 1 aliphatic heterocycles. The van der Waals surface area contributed by atoms with Crippen molar-refractivity contribution in [1.29, 1.82) is 0 Å². The van der Waals surface area contributed by atoms with Gasteiger partial charge in [0.1, 0.15) is 0 Å². The second-order valence-electron chi connectivity index (χ2n) is 7.49. The van der Waals surface area contributed by atoms with Gasteiger partial charge in [0.05, 0.1) is 19.0 Å². The first-order chi connectivity index (χ1) is 11.3. The Morgan fingerprint density at radius 1 is 1.04 bits per heavy atom. The lowest BCUT2D eigenvalue weighted by Crippen LogP contribution is -2.38. The molecule has 1 heterocycles. The number of halogens is 1. The molecule has 1 saturated heterocycles. The van der Waals surface area contributed by atoms with E-state index in [2.05, 4.69) is 19.1 Å². The summed E-state index contributed by atoms with van der Waals surface area (Å²) < 4.78 is 25.1. The summed E-state index contributed by atoms with van der Waals surface area (Å²) in [5.41, 5.74) is 0. The van der Waals surface area contributed by atoms with Crippen LogP contribution in [0.15, 0.2) is 24.1 Å². The fourth-order valence-electron chi connectivity index (χ4n) is 4.38. The molecule has 130 valence electrons. The summed E-state index contributed by atoms with van der Waals surface area (Å²) in [6.45, 7) is 3.75. The van der Waals surface area contributed by atoms with Crippen molar-refractivity contribution in [3.05, 3.63) is 24.1 Å². The minimum Gasteiger partial charge on any atom is -0.352 e. The molecule has 1 saturated carbocycles. The maximum atomic E-state index is 13.2. The van der Waals surface area contributed by atoms with E-state index in [-0.39, 0.29) is 12.1 Å². The molecule has 3 heteroatoms. The highest BCUT2D eigenvalue weighted by atomic mass is 19.1. The van der Waals surface area contributed by atoms with Crippen molar-refractivity contribution < 1.29 is 13.9 Å². The maximum Gasteiger partial charge on any atom is 0.160 e. The van der Waals surface area contributed by atoms with Gasteiger partial charge in [0, 0.05) is 11.8 Å². The summed E-state index contributed by atoms with van der Waals surface area (Å²) in [4.78, 5) is 0. The number of hydrogen-bond donors (Lipinski definition) is 0. The van der Waals surface area contributed by atoms with Crippen molar-refractivity contribution in [2.45, 2.75) is 64.6 Å². The van der Waals surface area contributed by atoms with Gasteiger partial charge in [-0.05, 0) is 63.2 Å². The van der Waals surface area contributed by atoms with Crippen LogP contribution in [-0.2, 0) is 9.47 Å². The van der Waals surface area contributed by atoms with Crippen LogP contribution in [0.4, 0.5) is 4.39 Å². The van der Waals surface area contributed by atoms with Gasteiger partial charge in [-0.1, -0.05) is 25.2 Å². The van der Waals surface area contributed by atoms with Crippen LogP contribution in [0.2, 0.25) is 0 Å². The van der Waals surface area contributed by atoms with Crippen LogP contribution in [0, 0.1) is 23.7 Å². The summed E-state index contributed by atoms with van der Waals surface area (Å²) in [7, 11) is 0. The largest absolute Gasteiger partial charge is 0.352 e. The van der Waals surface area contributed by atoms with Crippen molar-refractivity contribution in [3.63, 3.8) is 0 Å². The summed E-state index contributed by atoms with van der Waals surface area (Å²) in [6, 6.07) is 0. The highest BCUT2D eigenvalue weighted by Gasteiger charge is 2.34. The van der Waals surface area contributed by atoms with E-state index in [1.807, 2.05) is 6.08 Å². The van der Waals surface area contributed by atoms with Gasteiger partial charge in [0.15, 0.2) is 6.29 Å². The van der Waals surface area contributed by atoms with E-state index >= 15 is 0 Å². The minimum absolute atomic E-state index is 0.00548. The van der Waals surface area contributed by atoms with E-state index in [0.717, 1.165) is 38.4 Å². The molecule has 23 heavy (non-hydrogen) atoms. The fraction of sp³-hybridized carbons (Fsp3) is 0.800. The third kappa shape index (κ3) is 4.67. The zero-order valence-electron chi connectivity index (χ0n) is 14.4. The smallest absolute Gasteiger partial charge is 0.160 e. The highest BCUT2D eigenvalue weighted by molar-refractivity contribution is 4.99. The van der Waals surface area contributed by atoms with Crippen molar-refractivity contribution in [2.75, 3.05) is 13.2 Å². The Morgan fingerprint density at radius 3 is 2.35 bits per heavy atom. The molecule has 0 bridgehead atoms. The topological polar surface area (TPSA) is 18.5 Å². The van der Waals surface area contributed by atoms with Gasteiger partial charge in [-0.2, -0.15) is 0 Å². The third-order valence-corrected chi connectivity index (χ3v) is 5.86. The molecular formula is C20H31FO2. The Hall–Kier alpha value is -0.670. The molecule has 1 atom stereocenters. The number of ether oxygens (including phenoxy) is 2. The van der Waals surface area contributed by atoms with Gasteiger partial charge < -0.3 is 9.47 Å². The summed E-state index contributed by atoms with van der Waals surface area (Å²) in [5.74, 6) is 2.56. The molecule has 0 spiro atoms. The van der Waals surface area contributed by atoms with Crippen molar-refractivity contribution in [1.82, 2.24) is 0 Å². The molecule has 0 amide bonds. The Labute approximate surface area is 140 Å². The van der Waals surface area contributed by atoms with E-state index in [4.69, 9.17) is 9.47 Å². The standard InChI is InChI=1S/C20H31FO2/c1-2-3-4-15-13-22-20(23-14-15)18-7-5-16(6-8-18)17-9-11-19(21)12-10-17/h3-4,11,15-18,20H,2,5-10,12-14H2,1H3/b4-3+/t15-,16-,17?,18-,20-. The van der Waals surface area contributed by atoms with Crippen LogP contribution in [0.25, 0.3) is 0 Å². The van der Waals surface area contributed by atoms with Crippen LogP contribution in [-0.4, -0.2) is 19.5 Å². The summed E-state index contributed by atoms with van der Waals surface area (Å²) in [5, 5.41) is 0.